The van der Waals surface area contributed by atoms with Crippen LogP contribution in [0.2, 0.25) is 0 Å². The Labute approximate surface area is 237 Å². The van der Waals surface area contributed by atoms with E-state index in [4.69, 9.17) is 10.5 Å². The van der Waals surface area contributed by atoms with Gasteiger partial charge in [0.05, 0.1) is 17.3 Å². The molecule has 0 aromatic heterocycles. The first-order chi connectivity index (χ1) is 17.7. The quantitative estimate of drug-likeness (QED) is 0.308. The van der Waals surface area contributed by atoms with E-state index in [0.29, 0.717) is 24.7 Å². The number of esters is 1. The average molecular weight is 550 g/mol. The summed E-state index contributed by atoms with van der Waals surface area (Å²) >= 11 is 0. The molecule has 0 aromatic rings. The minimum atomic E-state index is -0.909. The Morgan fingerprint density at radius 1 is 0.949 bits per heavy atom. The normalized spacial score (nSPS) is 45.9. The predicted octanol–water partition coefficient (Wildman–Crippen LogP) is 5.59. The van der Waals surface area contributed by atoms with Crippen LogP contribution < -0.4 is 5.73 Å². The summed E-state index contributed by atoms with van der Waals surface area (Å²) in [5.74, 6) is 0.500. The number of carbonyl (C=O) groups excluding carboxylic acids is 1. The Balaban J connectivity index is 1.73. The van der Waals surface area contributed by atoms with Crippen LogP contribution >= 0.6 is 0 Å². The van der Waals surface area contributed by atoms with Gasteiger partial charge in [-0.3, -0.25) is 4.79 Å². The third kappa shape index (κ3) is 5.02. The zero-order valence-corrected chi connectivity index (χ0v) is 26.3. The van der Waals surface area contributed by atoms with E-state index < -0.39 is 17.2 Å². The summed E-state index contributed by atoms with van der Waals surface area (Å²) < 4.78 is 6.34. The zero-order valence-electron chi connectivity index (χ0n) is 26.3. The van der Waals surface area contributed by atoms with E-state index in [9.17, 15) is 20.1 Å². The molecule has 4 rings (SSSR count). The molecule has 0 aliphatic heterocycles. The van der Waals surface area contributed by atoms with E-state index >= 15 is 0 Å². The third-order valence-electron chi connectivity index (χ3n) is 13.3. The summed E-state index contributed by atoms with van der Waals surface area (Å²) in [6.45, 7) is 19.2. The van der Waals surface area contributed by atoms with E-state index in [2.05, 4.69) is 34.6 Å². The summed E-state index contributed by atoms with van der Waals surface area (Å²) in [6.07, 6.45) is 8.17. The minimum Gasteiger partial charge on any atom is -0.461 e. The second-order valence-electron chi connectivity index (χ2n) is 16.6. The molecule has 4 aliphatic carbocycles. The van der Waals surface area contributed by atoms with E-state index in [0.717, 1.165) is 51.4 Å². The minimum absolute atomic E-state index is 0.0168. The first-order valence-electron chi connectivity index (χ1n) is 15.8. The Morgan fingerprint density at radius 3 is 2.15 bits per heavy atom. The van der Waals surface area contributed by atoms with Crippen molar-refractivity contribution in [2.45, 2.75) is 156 Å². The monoisotopic (exact) mass is 549 g/mol. The van der Waals surface area contributed by atoms with Crippen LogP contribution in [0.15, 0.2) is 0 Å². The van der Waals surface area contributed by atoms with Crippen molar-refractivity contribution < 1.29 is 24.9 Å². The molecule has 0 unspecified atom stereocenters. The largest absolute Gasteiger partial charge is 0.461 e. The fourth-order valence-corrected chi connectivity index (χ4v) is 10.9. The molecule has 4 aliphatic rings. The highest BCUT2D eigenvalue weighted by Crippen LogP contribution is 2.76. The van der Waals surface area contributed by atoms with Crippen LogP contribution in [-0.4, -0.2) is 50.7 Å². The van der Waals surface area contributed by atoms with Gasteiger partial charge in [-0.25, -0.2) is 0 Å². The van der Waals surface area contributed by atoms with Crippen molar-refractivity contribution >= 4 is 5.97 Å². The zero-order chi connectivity index (χ0) is 29.4. The maximum Gasteiger partial charge on any atom is 0.322 e. The Bertz CT molecular complexity index is 924. The molecule has 39 heavy (non-hydrogen) atoms. The molecule has 0 bridgehead atoms. The van der Waals surface area contributed by atoms with Gasteiger partial charge in [0.15, 0.2) is 0 Å². The Morgan fingerprint density at radius 2 is 1.56 bits per heavy atom. The van der Waals surface area contributed by atoms with Crippen molar-refractivity contribution in [1.29, 1.82) is 0 Å². The van der Waals surface area contributed by atoms with Gasteiger partial charge in [0.1, 0.15) is 12.1 Å². The number of ether oxygens (including phenoxy) is 1. The van der Waals surface area contributed by atoms with Crippen LogP contribution in [0.1, 0.15) is 127 Å². The molecule has 0 amide bonds. The fraction of sp³-hybridized carbons (Fsp3) is 0.970. The maximum absolute atomic E-state index is 13.0. The van der Waals surface area contributed by atoms with E-state index in [1.165, 1.54) is 0 Å². The lowest BCUT2D eigenvalue weighted by molar-refractivity contribution is -0.251. The number of aliphatic hydroxyl groups excluding tert-OH is 1. The van der Waals surface area contributed by atoms with E-state index in [-0.39, 0.29) is 51.7 Å². The Kier molecular flexibility index (Phi) is 7.97. The van der Waals surface area contributed by atoms with Crippen molar-refractivity contribution in [1.82, 2.24) is 0 Å². The number of nitrogens with two attached hydrogens (primary N) is 1. The topological polar surface area (TPSA) is 113 Å². The van der Waals surface area contributed by atoms with Crippen molar-refractivity contribution in [3.05, 3.63) is 0 Å². The molecule has 226 valence electrons. The van der Waals surface area contributed by atoms with E-state index in [1.54, 1.807) is 6.92 Å². The van der Waals surface area contributed by atoms with Gasteiger partial charge in [0.25, 0.3) is 0 Å². The predicted molar refractivity (Wildman–Crippen MR) is 155 cm³/mol. The standard InChI is InChI=1S/C33H59NO5/c1-20(34)27(36)39-22-19-24-30(6)16-13-25(35)29(4,5)23(30)12-18-31(24,7)32(8)17-11-21(26(22)32)33(9,38)15-10-14-28(2,3)37/h20-26,35,37-38H,10-19,34H2,1-9H3/t20-,21-,22+,23-,24+,25-,26-,30-,31+,32+,33+/m0/s1. The second-order valence-corrected chi connectivity index (χ2v) is 16.6. The van der Waals surface area contributed by atoms with Crippen molar-refractivity contribution in [2.24, 2.45) is 51.1 Å². The number of hydrogen-bond donors (Lipinski definition) is 4. The number of carbonyl (C=O) groups is 1. The molecule has 5 N–H and O–H groups in total. The van der Waals surface area contributed by atoms with Crippen LogP contribution in [-0.2, 0) is 9.53 Å². The number of hydrogen-bond acceptors (Lipinski definition) is 6. The van der Waals surface area contributed by atoms with Gasteiger partial charge in [-0.2, -0.15) is 0 Å². The molecule has 4 saturated carbocycles. The van der Waals surface area contributed by atoms with Gasteiger partial charge < -0.3 is 25.8 Å². The highest BCUT2D eigenvalue weighted by Gasteiger charge is 2.72. The number of rotatable bonds is 7. The molecular formula is C33H59NO5. The lowest BCUT2D eigenvalue weighted by atomic mass is 9.35. The fourth-order valence-electron chi connectivity index (χ4n) is 10.9. The van der Waals surface area contributed by atoms with Crippen molar-refractivity contribution in [3.63, 3.8) is 0 Å². The van der Waals surface area contributed by atoms with Crippen LogP contribution in [0.3, 0.4) is 0 Å². The summed E-state index contributed by atoms with van der Waals surface area (Å²) in [5, 5.41) is 33.2. The maximum atomic E-state index is 13.0. The average Bonchev–Trinajstić information content (AvgIpc) is 3.17. The van der Waals surface area contributed by atoms with E-state index in [1.807, 2.05) is 20.8 Å². The number of fused-ring (bicyclic) bond motifs is 5. The Hall–Kier alpha value is -0.690. The van der Waals surface area contributed by atoms with Crippen LogP contribution in [0.5, 0.6) is 0 Å². The summed E-state index contributed by atoms with van der Waals surface area (Å²) in [4.78, 5) is 13.0. The van der Waals surface area contributed by atoms with Crippen LogP contribution in [0.4, 0.5) is 0 Å². The molecular weight excluding hydrogens is 490 g/mol. The summed E-state index contributed by atoms with van der Waals surface area (Å²) in [5.41, 5.74) is 4.22. The SMILES string of the molecule is C[C@H](N)C(=O)O[C@@H]1C[C@@H]2[C@@]3(C)CC[C@H](O)C(C)(C)[C@@H]3CC[C@@]2(C)[C@]2(C)CC[C@H]([C@](C)(O)CCCC(C)(C)O)[C@@H]12. The molecule has 6 heteroatoms. The lowest BCUT2D eigenvalue weighted by Crippen LogP contribution is -2.67. The smallest absolute Gasteiger partial charge is 0.322 e. The van der Waals surface area contributed by atoms with Gasteiger partial charge in [0.2, 0.25) is 0 Å². The van der Waals surface area contributed by atoms with Gasteiger partial charge in [-0.05, 0) is 131 Å². The first-order valence-corrected chi connectivity index (χ1v) is 15.8. The van der Waals surface area contributed by atoms with Crippen molar-refractivity contribution in [2.75, 3.05) is 0 Å². The molecule has 0 radical (unpaired) electrons. The number of aliphatic hydroxyl groups is 3. The van der Waals surface area contributed by atoms with Crippen molar-refractivity contribution in [3.8, 4) is 0 Å². The molecule has 0 spiro atoms. The summed E-state index contributed by atoms with van der Waals surface area (Å²) in [6, 6.07) is -0.685. The molecule has 11 atom stereocenters. The van der Waals surface area contributed by atoms with Gasteiger partial charge in [-0.1, -0.05) is 34.6 Å². The lowest BCUT2D eigenvalue weighted by Gasteiger charge is -2.70. The van der Waals surface area contributed by atoms with Crippen LogP contribution in [0, 0.1) is 45.3 Å². The molecule has 0 saturated heterocycles. The van der Waals surface area contributed by atoms with Gasteiger partial charge >= 0.3 is 5.97 Å². The van der Waals surface area contributed by atoms with Crippen LogP contribution in [0.25, 0.3) is 0 Å². The molecule has 0 aromatic carbocycles. The molecule has 4 fully saturated rings. The third-order valence-corrected chi connectivity index (χ3v) is 13.3. The second kappa shape index (κ2) is 9.95. The highest BCUT2D eigenvalue weighted by molar-refractivity contribution is 5.75. The van der Waals surface area contributed by atoms with Gasteiger partial charge in [-0.15, -0.1) is 0 Å². The molecule has 0 heterocycles. The summed E-state index contributed by atoms with van der Waals surface area (Å²) in [7, 11) is 0. The molecule has 6 nitrogen and oxygen atoms in total. The highest BCUT2D eigenvalue weighted by atomic mass is 16.5. The van der Waals surface area contributed by atoms with Gasteiger partial charge in [0, 0.05) is 5.92 Å². The first kappa shape index (κ1) is 31.3.